The lowest BCUT2D eigenvalue weighted by atomic mass is 9.89. The average Bonchev–Trinajstić information content (AvgIpc) is 2.78. The molecule has 0 spiro atoms. The molecule has 0 radical (unpaired) electrons. The molecule has 4 heteroatoms. The first-order chi connectivity index (χ1) is 14.0. The van der Waals surface area contributed by atoms with Crippen molar-refractivity contribution in [2.75, 3.05) is 19.1 Å². The second kappa shape index (κ2) is 9.57. The van der Waals surface area contributed by atoms with Crippen molar-refractivity contribution in [3.05, 3.63) is 72.3 Å². The van der Waals surface area contributed by atoms with E-state index in [4.69, 9.17) is 4.74 Å². The van der Waals surface area contributed by atoms with Crippen molar-refractivity contribution in [2.24, 2.45) is 5.92 Å². The highest BCUT2D eigenvalue weighted by Gasteiger charge is 2.30. The molecule has 152 valence electrons. The monoisotopic (exact) mass is 391 g/mol. The first-order valence-corrected chi connectivity index (χ1v) is 10.1. The van der Waals surface area contributed by atoms with Gasteiger partial charge in [0.25, 0.3) is 0 Å². The fraction of sp³-hybridized carbons (Fsp3) is 0.320. The van der Waals surface area contributed by atoms with Gasteiger partial charge in [0, 0.05) is 18.8 Å². The molecule has 0 bridgehead atoms. The van der Waals surface area contributed by atoms with Gasteiger partial charge in [0.05, 0.1) is 19.1 Å². The maximum atomic E-state index is 13.4. The molecule has 29 heavy (non-hydrogen) atoms. The van der Waals surface area contributed by atoms with E-state index in [1.807, 2.05) is 66.7 Å². The molecule has 0 aromatic heterocycles. The predicted molar refractivity (Wildman–Crippen MR) is 118 cm³/mol. The number of carbonyl (C=O) groups excluding carboxylic acids is 1. The van der Waals surface area contributed by atoms with E-state index in [-0.39, 0.29) is 5.91 Å². The molecular formula is C25H29NO3. The van der Waals surface area contributed by atoms with Crippen molar-refractivity contribution in [3.8, 4) is 5.75 Å². The maximum absolute atomic E-state index is 13.4. The smallest absolute Gasteiger partial charge is 0.232 e. The van der Waals surface area contributed by atoms with Gasteiger partial charge in [0.2, 0.25) is 5.91 Å². The zero-order chi connectivity index (χ0) is 20.8. The van der Waals surface area contributed by atoms with Crippen LogP contribution in [0, 0.1) is 5.92 Å². The molecule has 0 unspecified atom stereocenters. The van der Waals surface area contributed by atoms with Crippen LogP contribution in [0.5, 0.6) is 5.75 Å². The number of aliphatic hydroxyl groups excluding tert-OH is 1. The Balaban J connectivity index is 1.89. The van der Waals surface area contributed by atoms with Crippen LogP contribution in [-0.4, -0.2) is 25.2 Å². The summed E-state index contributed by atoms with van der Waals surface area (Å²) in [5.74, 6) is 0.0991. The number of amides is 1. The quantitative estimate of drug-likeness (QED) is 0.563. The summed E-state index contributed by atoms with van der Waals surface area (Å²) in [5, 5.41) is 13.3. The highest BCUT2D eigenvalue weighted by atomic mass is 16.5. The van der Waals surface area contributed by atoms with Gasteiger partial charge in [-0.25, -0.2) is 0 Å². The number of rotatable bonds is 8. The molecule has 2 atom stereocenters. The van der Waals surface area contributed by atoms with E-state index in [0.29, 0.717) is 12.2 Å². The summed E-state index contributed by atoms with van der Waals surface area (Å²) in [5.41, 5.74) is 1.53. The minimum absolute atomic E-state index is 0.0904. The van der Waals surface area contributed by atoms with Crippen LogP contribution in [0.3, 0.4) is 0 Å². The van der Waals surface area contributed by atoms with Crippen molar-refractivity contribution in [1.82, 2.24) is 0 Å². The Bertz CT molecular complexity index is 969. The van der Waals surface area contributed by atoms with Crippen LogP contribution in [0.1, 0.15) is 37.9 Å². The van der Waals surface area contributed by atoms with E-state index in [1.54, 1.807) is 19.1 Å². The van der Waals surface area contributed by atoms with Crippen LogP contribution in [0.15, 0.2) is 66.7 Å². The third kappa shape index (κ3) is 4.77. The predicted octanol–water partition coefficient (Wildman–Crippen LogP) is 5.35. The number of aliphatic hydroxyl groups is 1. The summed E-state index contributed by atoms with van der Waals surface area (Å²) < 4.78 is 5.28. The highest BCUT2D eigenvalue weighted by Crippen LogP contribution is 2.32. The number of unbranched alkanes of at least 4 members (excludes halogenated alkanes) is 1. The Labute approximate surface area is 172 Å². The standard InChI is InChI=1S/C25H29NO3/c1-4-5-13-23(25(28)26(2)21-11-8-12-22(17-21)29-3)24(27)20-15-14-18-9-6-7-10-19(18)16-20/h6-12,14-17,23-24,27H,4-5,13H2,1-3H3/t23-,24-/m0/s1. The first-order valence-electron chi connectivity index (χ1n) is 10.1. The van der Waals surface area contributed by atoms with Crippen LogP contribution < -0.4 is 9.64 Å². The number of carbonyl (C=O) groups is 1. The molecule has 1 N–H and O–H groups in total. The molecule has 0 heterocycles. The lowest BCUT2D eigenvalue weighted by molar-refractivity contribution is -0.126. The normalized spacial score (nSPS) is 13.1. The fourth-order valence-electron chi connectivity index (χ4n) is 3.66. The Morgan fingerprint density at radius 3 is 2.52 bits per heavy atom. The zero-order valence-electron chi connectivity index (χ0n) is 17.3. The number of nitrogens with zero attached hydrogens (tertiary/aromatic N) is 1. The van der Waals surface area contributed by atoms with Crippen LogP contribution in [0.2, 0.25) is 0 Å². The Hall–Kier alpha value is -2.85. The number of hydrogen-bond acceptors (Lipinski definition) is 3. The van der Waals surface area contributed by atoms with E-state index >= 15 is 0 Å². The Morgan fingerprint density at radius 1 is 1.03 bits per heavy atom. The topological polar surface area (TPSA) is 49.8 Å². The van der Waals surface area contributed by atoms with Crippen molar-refractivity contribution in [3.63, 3.8) is 0 Å². The number of anilines is 1. The van der Waals surface area contributed by atoms with Gasteiger partial charge in [-0.05, 0) is 41.0 Å². The van der Waals surface area contributed by atoms with Gasteiger partial charge in [-0.3, -0.25) is 4.79 Å². The molecule has 0 aliphatic rings. The van der Waals surface area contributed by atoms with Crippen molar-refractivity contribution < 1.29 is 14.6 Å². The molecule has 1 amide bonds. The van der Waals surface area contributed by atoms with Crippen molar-refractivity contribution in [2.45, 2.75) is 32.3 Å². The molecule has 3 aromatic rings. The number of hydrogen-bond donors (Lipinski definition) is 1. The van der Waals surface area contributed by atoms with Gasteiger partial charge < -0.3 is 14.7 Å². The van der Waals surface area contributed by atoms with E-state index in [0.717, 1.165) is 34.9 Å². The molecule has 3 rings (SSSR count). The number of fused-ring (bicyclic) bond motifs is 1. The summed E-state index contributed by atoms with van der Waals surface area (Å²) in [6.45, 7) is 2.09. The largest absolute Gasteiger partial charge is 0.497 e. The minimum Gasteiger partial charge on any atom is -0.497 e. The second-order valence-corrected chi connectivity index (χ2v) is 7.40. The zero-order valence-corrected chi connectivity index (χ0v) is 17.3. The molecular weight excluding hydrogens is 362 g/mol. The van der Waals surface area contributed by atoms with Gasteiger partial charge in [-0.2, -0.15) is 0 Å². The van der Waals surface area contributed by atoms with Crippen LogP contribution in [0.25, 0.3) is 10.8 Å². The summed E-state index contributed by atoms with van der Waals surface area (Å²) in [6.07, 6.45) is 1.63. The van der Waals surface area contributed by atoms with Crippen LogP contribution >= 0.6 is 0 Å². The van der Waals surface area contributed by atoms with Crippen molar-refractivity contribution in [1.29, 1.82) is 0 Å². The minimum atomic E-state index is -0.855. The second-order valence-electron chi connectivity index (χ2n) is 7.40. The summed E-state index contributed by atoms with van der Waals surface area (Å²) in [7, 11) is 3.36. The molecule has 0 saturated carbocycles. The molecule has 0 aliphatic heterocycles. The lowest BCUT2D eigenvalue weighted by Crippen LogP contribution is -2.36. The summed E-state index contributed by atoms with van der Waals surface area (Å²) in [4.78, 5) is 15.0. The number of methoxy groups -OCH3 is 1. The molecule has 0 saturated heterocycles. The Morgan fingerprint density at radius 2 is 1.79 bits per heavy atom. The Kier molecular flexibility index (Phi) is 6.89. The average molecular weight is 392 g/mol. The number of ether oxygens (including phenoxy) is 1. The summed E-state index contributed by atoms with van der Waals surface area (Å²) in [6, 6.07) is 21.4. The summed E-state index contributed by atoms with van der Waals surface area (Å²) >= 11 is 0. The van der Waals surface area contributed by atoms with Crippen molar-refractivity contribution >= 4 is 22.4 Å². The van der Waals surface area contributed by atoms with Crippen LogP contribution in [-0.2, 0) is 4.79 Å². The highest BCUT2D eigenvalue weighted by molar-refractivity contribution is 5.95. The van der Waals surface area contributed by atoms with E-state index in [1.165, 1.54) is 0 Å². The molecule has 0 aliphatic carbocycles. The number of benzene rings is 3. The fourth-order valence-corrected chi connectivity index (χ4v) is 3.66. The van der Waals surface area contributed by atoms with Gasteiger partial charge in [0.15, 0.2) is 0 Å². The molecule has 3 aromatic carbocycles. The van der Waals surface area contributed by atoms with E-state index in [9.17, 15) is 9.90 Å². The van der Waals surface area contributed by atoms with E-state index < -0.39 is 12.0 Å². The third-order valence-corrected chi connectivity index (χ3v) is 5.45. The molecule has 0 fully saturated rings. The van der Waals surface area contributed by atoms with Gasteiger partial charge in [-0.1, -0.05) is 62.2 Å². The van der Waals surface area contributed by atoms with Gasteiger partial charge in [-0.15, -0.1) is 0 Å². The van der Waals surface area contributed by atoms with Gasteiger partial charge in [0.1, 0.15) is 5.75 Å². The third-order valence-electron chi connectivity index (χ3n) is 5.45. The first kappa shape index (κ1) is 20.9. The van der Waals surface area contributed by atoms with E-state index in [2.05, 4.69) is 6.92 Å². The molecule has 4 nitrogen and oxygen atoms in total. The lowest BCUT2D eigenvalue weighted by Gasteiger charge is -2.28. The van der Waals surface area contributed by atoms with Crippen LogP contribution in [0.4, 0.5) is 5.69 Å². The SMILES string of the molecule is CCCC[C@H](C(=O)N(C)c1cccc(OC)c1)[C@@H](O)c1ccc2ccccc2c1. The maximum Gasteiger partial charge on any atom is 0.232 e. The van der Waals surface area contributed by atoms with Gasteiger partial charge >= 0.3 is 0 Å².